The van der Waals surface area contributed by atoms with Gasteiger partial charge in [0.05, 0.1) is 5.56 Å². The molecular weight excluding hydrogens is 297 g/mol. The highest BCUT2D eigenvalue weighted by atomic mass is 32.2. The van der Waals surface area contributed by atoms with Crippen LogP contribution in [0.4, 0.5) is 13.2 Å². The number of rotatable bonds is 3. The van der Waals surface area contributed by atoms with Gasteiger partial charge in [-0.1, -0.05) is 18.2 Å². The molecule has 1 nitrogen and oxygen atoms in total. The molecule has 3 rings (SSSR count). The first-order valence-electron chi connectivity index (χ1n) is 6.57. The van der Waals surface area contributed by atoms with Crippen molar-refractivity contribution in [1.29, 1.82) is 0 Å². The monoisotopic (exact) mass is 310 g/mol. The molecule has 1 atom stereocenters. The smallest absolute Gasteiger partial charge is 0.416 e. The van der Waals surface area contributed by atoms with E-state index in [0.29, 0.717) is 17.6 Å². The molecule has 0 saturated heterocycles. The maximum Gasteiger partial charge on any atom is 0.416 e. The summed E-state index contributed by atoms with van der Waals surface area (Å²) in [4.78, 5) is 1.26. The molecule has 0 bridgehead atoms. The average molecular weight is 310 g/mol. The summed E-state index contributed by atoms with van der Waals surface area (Å²) in [6.45, 7) is 0.491. The lowest BCUT2D eigenvalue weighted by atomic mass is 10.1. The quantitative estimate of drug-likeness (QED) is 0.805. The van der Waals surface area contributed by atoms with Crippen molar-refractivity contribution < 1.29 is 17.9 Å². The van der Waals surface area contributed by atoms with Crippen LogP contribution in [-0.4, -0.2) is 11.9 Å². The van der Waals surface area contributed by atoms with E-state index < -0.39 is 11.7 Å². The van der Waals surface area contributed by atoms with E-state index in [1.165, 1.54) is 22.6 Å². The van der Waals surface area contributed by atoms with Crippen LogP contribution >= 0.6 is 11.8 Å². The van der Waals surface area contributed by atoms with Crippen LogP contribution in [0.3, 0.4) is 0 Å². The number of ether oxygens (including phenoxy) is 1. The Morgan fingerprint density at radius 3 is 2.43 bits per heavy atom. The highest BCUT2D eigenvalue weighted by Crippen LogP contribution is 2.37. The van der Waals surface area contributed by atoms with Gasteiger partial charge in [0, 0.05) is 10.1 Å². The molecule has 21 heavy (non-hydrogen) atoms. The number of hydrogen-bond acceptors (Lipinski definition) is 2. The van der Waals surface area contributed by atoms with Gasteiger partial charge in [0.15, 0.2) is 0 Å². The van der Waals surface area contributed by atoms with Crippen LogP contribution in [0.1, 0.15) is 11.1 Å². The Bertz CT molecular complexity index is 597. The lowest BCUT2D eigenvalue weighted by Crippen LogP contribution is -2.13. The molecule has 0 saturated carbocycles. The Morgan fingerprint density at radius 1 is 1.05 bits per heavy atom. The fraction of sp³-hybridized carbons (Fsp3) is 0.250. The van der Waals surface area contributed by atoms with E-state index in [-0.39, 0.29) is 0 Å². The zero-order valence-corrected chi connectivity index (χ0v) is 11.9. The van der Waals surface area contributed by atoms with Gasteiger partial charge in [-0.25, -0.2) is 0 Å². The Kier molecular flexibility index (Phi) is 3.85. The van der Waals surface area contributed by atoms with E-state index in [0.717, 1.165) is 18.6 Å². The Labute approximate surface area is 125 Å². The van der Waals surface area contributed by atoms with Crippen LogP contribution in [0.25, 0.3) is 0 Å². The van der Waals surface area contributed by atoms with Gasteiger partial charge < -0.3 is 4.74 Å². The van der Waals surface area contributed by atoms with Crippen molar-refractivity contribution in [2.45, 2.75) is 22.7 Å². The molecule has 0 fully saturated rings. The summed E-state index contributed by atoms with van der Waals surface area (Å²) in [6, 6.07) is 13.0. The molecule has 2 aromatic carbocycles. The molecule has 0 spiro atoms. The molecule has 0 amide bonds. The minimum atomic E-state index is -4.30. The van der Waals surface area contributed by atoms with Crippen molar-refractivity contribution in [3.63, 3.8) is 0 Å². The molecule has 1 heterocycles. The van der Waals surface area contributed by atoms with E-state index in [2.05, 4.69) is 12.1 Å². The Hall–Kier alpha value is -1.62. The zero-order valence-electron chi connectivity index (χ0n) is 11.1. The van der Waals surface area contributed by atoms with E-state index in [1.54, 1.807) is 11.8 Å². The number of halogens is 3. The summed E-state index contributed by atoms with van der Waals surface area (Å²) in [7, 11) is 0. The maximum atomic E-state index is 12.5. The second kappa shape index (κ2) is 5.64. The van der Waals surface area contributed by atoms with Gasteiger partial charge in [0.1, 0.15) is 12.4 Å². The summed E-state index contributed by atoms with van der Waals surface area (Å²) in [5.74, 6) is 0.472. The summed E-state index contributed by atoms with van der Waals surface area (Å²) >= 11 is 1.76. The fourth-order valence-electron chi connectivity index (χ4n) is 2.28. The lowest BCUT2D eigenvalue weighted by molar-refractivity contribution is -0.137. The summed E-state index contributed by atoms with van der Waals surface area (Å²) < 4.78 is 43.0. The van der Waals surface area contributed by atoms with Gasteiger partial charge in [-0.3, -0.25) is 0 Å². The normalized spacial score (nSPS) is 17.6. The Balaban J connectivity index is 1.57. The molecule has 2 aromatic rings. The lowest BCUT2D eigenvalue weighted by Gasteiger charge is -2.12. The van der Waals surface area contributed by atoms with E-state index in [9.17, 15) is 13.2 Å². The van der Waals surface area contributed by atoms with Crippen molar-refractivity contribution in [3.8, 4) is 5.75 Å². The molecule has 0 radical (unpaired) electrons. The third-order valence-corrected chi connectivity index (χ3v) is 4.62. The van der Waals surface area contributed by atoms with Gasteiger partial charge in [-0.2, -0.15) is 13.2 Å². The highest BCUT2D eigenvalue weighted by Gasteiger charge is 2.30. The van der Waals surface area contributed by atoms with E-state index in [4.69, 9.17) is 4.74 Å². The number of thioether (sulfide) groups is 1. The van der Waals surface area contributed by atoms with Gasteiger partial charge in [-0.05, 0) is 42.3 Å². The van der Waals surface area contributed by atoms with Crippen LogP contribution in [-0.2, 0) is 12.6 Å². The Morgan fingerprint density at radius 2 is 1.76 bits per heavy atom. The molecule has 5 heteroatoms. The minimum Gasteiger partial charge on any atom is -0.492 e. The number of benzene rings is 2. The fourth-order valence-corrected chi connectivity index (χ4v) is 3.49. The van der Waals surface area contributed by atoms with Crippen LogP contribution in [0.2, 0.25) is 0 Å². The number of hydrogen-bond donors (Lipinski definition) is 0. The largest absolute Gasteiger partial charge is 0.492 e. The number of alkyl halides is 3. The van der Waals surface area contributed by atoms with Crippen molar-refractivity contribution >= 4 is 11.8 Å². The molecule has 1 aliphatic heterocycles. The van der Waals surface area contributed by atoms with E-state index in [1.807, 2.05) is 12.1 Å². The highest BCUT2D eigenvalue weighted by molar-refractivity contribution is 8.00. The molecule has 0 aromatic heterocycles. The van der Waals surface area contributed by atoms with Crippen molar-refractivity contribution in [1.82, 2.24) is 0 Å². The van der Waals surface area contributed by atoms with Crippen LogP contribution in [0.5, 0.6) is 5.75 Å². The molecule has 0 aliphatic carbocycles. The number of fused-ring (bicyclic) bond motifs is 1. The second-order valence-electron chi connectivity index (χ2n) is 4.88. The minimum absolute atomic E-state index is 0.310. The second-order valence-corrected chi connectivity index (χ2v) is 6.23. The van der Waals surface area contributed by atoms with Crippen LogP contribution < -0.4 is 4.74 Å². The van der Waals surface area contributed by atoms with Gasteiger partial charge in [0.2, 0.25) is 0 Å². The molecule has 0 N–H and O–H groups in total. The van der Waals surface area contributed by atoms with Crippen LogP contribution in [0, 0.1) is 0 Å². The van der Waals surface area contributed by atoms with E-state index >= 15 is 0 Å². The van der Waals surface area contributed by atoms with Gasteiger partial charge in [-0.15, -0.1) is 11.8 Å². The summed E-state index contributed by atoms with van der Waals surface area (Å²) in [5.41, 5.74) is 0.654. The maximum absolute atomic E-state index is 12.5. The van der Waals surface area contributed by atoms with Crippen molar-refractivity contribution in [2.24, 2.45) is 0 Å². The summed E-state index contributed by atoms with van der Waals surface area (Å²) in [5, 5.41) is 0.310. The zero-order chi connectivity index (χ0) is 14.9. The van der Waals surface area contributed by atoms with Crippen molar-refractivity contribution in [3.05, 3.63) is 59.7 Å². The first-order valence-corrected chi connectivity index (χ1v) is 7.45. The molecule has 1 aliphatic rings. The van der Waals surface area contributed by atoms with Gasteiger partial charge in [0.25, 0.3) is 0 Å². The molecule has 1 unspecified atom stereocenters. The predicted octanol–water partition coefficient (Wildman–Crippen LogP) is 4.80. The first-order chi connectivity index (χ1) is 10.0. The molecular formula is C16H13F3OS. The van der Waals surface area contributed by atoms with Crippen molar-refractivity contribution in [2.75, 3.05) is 6.61 Å². The summed E-state index contributed by atoms with van der Waals surface area (Å²) in [6.07, 6.45) is -3.37. The first kappa shape index (κ1) is 14.3. The topological polar surface area (TPSA) is 9.23 Å². The van der Waals surface area contributed by atoms with Gasteiger partial charge >= 0.3 is 6.18 Å². The average Bonchev–Trinajstić information content (AvgIpc) is 2.87. The predicted molar refractivity (Wildman–Crippen MR) is 76.7 cm³/mol. The molecule has 110 valence electrons. The SMILES string of the molecule is FC(F)(F)c1ccc(OCC2Cc3ccccc3S2)cc1. The van der Waals surface area contributed by atoms with Crippen LogP contribution in [0.15, 0.2) is 53.4 Å². The standard InChI is InChI=1S/C16H13F3OS/c17-16(18,19)12-5-7-13(8-6-12)20-10-14-9-11-3-1-2-4-15(11)21-14/h1-8,14H,9-10H2. The third kappa shape index (κ3) is 3.35. The third-order valence-electron chi connectivity index (χ3n) is 3.33.